The Hall–Kier alpha value is -0.940. The molecule has 86 valence electrons. The number of nitrogens with zero attached hydrogens (tertiary/aromatic N) is 1. The van der Waals surface area contributed by atoms with Crippen LogP contribution in [0.5, 0.6) is 0 Å². The molecule has 1 nitrogen and oxygen atoms in total. The monoisotopic (exact) mass is 233 g/mol. The van der Waals surface area contributed by atoms with Crippen molar-refractivity contribution in [1.82, 2.24) is 0 Å². The van der Waals surface area contributed by atoms with Crippen molar-refractivity contribution >= 4 is 11.8 Å². The molecular formula is C14H19NS. The van der Waals surface area contributed by atoms with Gasteiger partial charge in [0.2, 0.25) is 0 Å². The lowest BCUT2D eigenvalue weighted by Gasteiger charge is -2.22. The number of aryl methyl sites for hydroxylation is 1. The van der Waals surface area contributed by atoms with Gasteiger partial charge in [0.25, 0.3) is 0 Å². The molecule has 1 atom stereocenters. The van der Waals surface area contributed by atoms with Gasteiger partial charge in [0.15, 0.2) is 0 Å². The molecule has 16 heavy (non-hydrogen) atoms. The lowest BCUT2D eigenvalue weighted by atomic mass is 9.87. The van der Waals surface area contributed by atoms with Crippen LogP contribution in [0.25, 0.3) is 0 Å². The van der Waals surface area contributed by atoms with E-state index in [0.29, 0.717) is 5.25 Å². The van der Waals surface area contributed by atoms with Crippen molar-refractivity contribution in [1.29, 1.82) is 5.26 Å². The Bertz CT molecular complexity index is 373. The minimum absolute atomic E-state index is 0.251. The molecule has 0 N–H and O–H groups in total. The van der Waals surface area contributed by atoms with E-state index in [4.69, 9.17) is 5.26 Å². The molecule has 0 spiro atoms. The zero-order chi connectivity index (χ0) is 12.2. The van der Waals surface area contributed by atoms with Gasteiger partial charge in [-0.15, -0.1) is 0 Å². The molecule has 1 aromatic carbocycles. The van der Waals surface area contributed by atoms with E-state index in [-0.39, 0.29) is 5.41 Å². The Balaban J connectivity index is 2.84. The largest absolute Gasteiger partial charge is 0.198 e. The Labute approximate surface area is 103 Å². The maximum absolute atomic E-state index is 9.07. The summed E-state index contributed by atoms with van der Waals surface area (Å²) in [4.78, 5) is 0. The summed E-state index contributed by atoms with van der Waals surface area (Å²) in [5, 5.41) is 9.48. The third-order valence-corrected chi connectivity index (χ3v) is 3.74. The second kappa shape index (κ2) is 5.41. The van der Waals surface area contributed by atoms with Gasteiger partial charge >= 0.3 is 0 Å². The molecule has 0 bridgehead atoms. The van der Waals surface area contributed by atoms with Gasteiger partial charge < -0.3 is 0 Å². The fourth-order valence-corrected chi connectivity index (χ4v) is 2.64. The first kappa shape index (κ1) is 13.1. The predicted octanol–water partition coefficient (Wildman–Crippen LogP) is 4.34. The highest BCUT2D eigenvalue weighted by atomic mass is 32.2. The van der Waals surface area contributed by atoms with Gasteiger partial charge in [-0.2, -0.15) is 17.0 Å². The SMILES string of the molecule is CSC(CC(C)(C)C#N)c1ccc(C)cc1. The summed E-state index contributed by atoms with van der Waals surface area (Å²) >= 11 is 1.82. The normalized spacial score (nSPS) is 13.2. The third-order valence-electron chi connectivity index (χ3n) is 2.73. The number of rotatable bonds is 4. The summed E-state index contributed by atoms with van der Waals surface area (Å²) in [5.74, 6) is 0. The second-order valence-corrected chi connectivity index (χ2v) is 5.88. The topological polar surface area (TPSA) is 23.8 Å². The van der Waals surface area contributed by atoms with E-state index >= 15 is 0 Å². The van der Waals surface area contributed by atoms with E-state index in [0.717, 1.165) is 6.42 Å². The number of thioether (sulfide) groups is 1. The van der Waals surface area contributed by atoms with Gasteiger partial charge in [-0.3, -0.25) is 0 Å². The summed E-state index contributed by atoms with van der Waals surface area (Å²) in [6, 6.07) is 11.0. The number of hydrogen-bond acceptors (Lipinski definition) is 2. The van der Waals surface area contributed by atoms with Crippen molar-refractivity contribution in [3.8, 4) is 6.07 Å². The van der Waals surface area contributed by atoms with Gasteiger partial charge in [-0.1, -0.05) is 29.8 Å². The highest BCUT2D eigenvalue weighted by molar-refractivity contribution is 7.98. The zero-order valence-corrected chi connectivity index (χ0v) is 11.3. The van der Waals surface area contributed by atoms with Gasteiger partial charge in [0, 0.05) is 5.25 Å². The second-order valence-electron chi connectivity index (χ2n) is 4.83. The molecular weight excluding hydrogens is 214 g/mol. The first-order chi connectivity index (χ1) is 7.48. The Morgan fingerprint density at radius 2 is 1.88 bits per heavy atom. The van der Waals surface area contributed by atoms with Crippen LogP contribution in [0.15, 0.2) is 24.3 Å². The minimum atomic E-state index is -0.251. The van der Waals surface area contributed by atoms with E-state index in [1.807, 2.05) is 25.6 Å². The smallest absolute Gasteiger partial charge is 0.0684 e. The number of hydrogen-bond donors (Lipinski definition) is 0. The lowest BCUT2D eigenvalue weighted by molar-refractivity contribution is 0.448. The maximum atomic E-state index is 9.07. The van der Waals surface area contributed by atoms with E-state index in [2.05, 4.69) is 43.5 Å². The summed E-state index contributed by atoms with van der Waals surface area (Å²) in [6.45, 7) is 6.10. The van der Waals surface area contributed by atoms with Crippen LogP contribution in [0.4, 0.5) is 0 Å². The van der Waals surface area contributed by atoms with Crippen LogP contribution in [-0.4, -0.2) is 6.26 Å². The van der Waals surface area contributed by atoms with Crippen LogP contribution < -0.4 is 0 Å². The van der Waals surface area contributed by atoms with Crippen LogP contribution in [0, 0.1) is 23.7 Å². The number of benzene rings is 1. The highest BCUT2D eigenvalue weighted by Crippen LogP contribution is 2.37. The fourth-order valence-electron chi connectivity index (χ4n) is 1.63. The molecule has 0 aliphatic carbocycles. The fraction of sp³-hybridized carbons (Fsp3) is 0.500. The van der Waals surface area contributed by atoms with Gasteiger partial charge in [-0.05, 0) is 39.0 Å². The first-order valence-electron chi connectivity index (χ1n) is 5.49. The van der Waals surface area contributed by atoms with E-state index in [1.54, 1.807) is 0 Å². The molecule has 0 fully saturated rings. The number of nitriles is 1. The first-order valence-corrected chi connectivity index (χ1v) is 6.78. The van der Waals surface area contributed by atoms with E-state index < -0.39 is 0 Å². The van der Waals surface area contributed by atoms with Crippen molar-refractivity contribution in [2.24, 2.45) is 5.41 Å². The maximum Gasteiger partial charge on any atom is 0.0684 e. The summed E-state index contributed by atoms with van der Waals surface area (Å²) in [7, 11) is 0. The van der Waals surface area contributed by atoms with Crippen molar-refractivity contribution < 1.29 is 0 Å². The van der Waals surface area contributed by atoms with Gasteiger partial charge in [0.1, 0.15) is 0 Å². The standard InChI is InChI=1S/C14H19NS/c1-11-5-7-12(8-6-11)13(16-4)9-14(2,3)10-15/h5-8,13H,9H2,1-4H3. The molecule has 0 aromatic heterocycles. The molecule has 0 amide bonds. The van der Waals surface area contributed by atoms with Crippen LogP contribution in [0.2, 0.25) is 0 Å². The molecule has 2 heteroatoms. The molecule has 0 heterocycles. The van der Waals surface area contributed by atoms with Crippen molar-refractivity contribution in [3.05, 3.63) is 35.4 Å². The summed E-state index contributed by atoms with van der Waals surface area (Å²) < 4.78 is 0. The molecule has 0 aliphatic rings. The zero-order valence-electron chi connectivity index (χ0n) is 10.4. The molecule has 1 aromatic rings. The molecule has 1 rings (SSSR count). The van der Waals surface area contributed by atoms with Crippen LogP contribution in [0.3, 0.4) is 0 Å². The van der Waals surface area contributed by atoms with Gasteiger partial charge in [0.05, 0.1) is 11.5 Å². The highest BCUT2D eigenvalue weighted by Gasteiger charge is 2.23. The average Bonchev–Trinajstić information content (AvgIpc) is 2.27. The predicted molar refractivity (Wildman–Crippen MR) is 71.4 cm³/mol. The van der Waals surface area contributed by atoms with E-state index in [1.165, 1.54) is 11.1 Å². The quantitative estimate of drug-likeness (QED) is 0.772. The van der Waals surface area contributed by atoms with Gasteiger partial charge in [-0.25, -0.2) is 0 Å². The summed E-state index contributed by atoms with van der Waals surface area (Å²) in [6.07, 6.45) is 3.01. The van der Waals surface area contributed by atoms with Crippen molar-refractivity contribution in [3.63, 3.8) is 0 Å². The molecule has 0 aliphatic heterocycles. The average molecular weight is 233 g/mol. The Kier molecular flexibility index (Phi) is 4.44. The van der Waals surface area contributed by atoms with Crippen molar-refractivity contribution in [2.75, 3.05) is 6.26 Å². The summed E-state index contributed by atoms with van der Waals surface area (Å²) in [5.41, 5.74) is 2.35. The molecule has 1 unspecified atom stereocenters. The van der Waals surface area contributed by atoms with Crippen LogP contribution in [0.1, 0.15) is 36.6 Å². The Morgan fingerprint density at radius 1 is 1.31 bits per heavy atom. The minimum Gasteiger partial charge on any atom is -0.198 e. The lowest BCUT2D eigenvalue weighted by Crippen LogP contribution is -2.12. The molecule has 0 saturated carbocycles. The van der Waals surface area contributed by atoms with E-state index in [9.17, 15) is 0 Å². The third kappa shape index (κ3) is 3.57. The van der Waals surface area contributed by atoms with Crippen LogP contribution in [-0.2, 0) is 0 Å². The Morgan fingerprint density at radius 3 is 2.31 bits per heavy atom. The van der Waals surface area contributed by atoms with Crippen LogP contribution >= 0.6 is 11.8 Å². The molecule has 0 radical (unpaired) electrons. The van der Waals surface area contributed by atoms with Crippen molar-refractivity contribution in [2.45, 2.75) is 32.4 Å². The molecule has 0 saturated heterocycles.